The first kappa shape index (κ1) is 24.4. The standard InChI is InChI=1S/C23H22BrN3O5S/c1-32-21-9-5-8-18(23(21)29)14-25-26-22(28)16-27(15-17-6-3-2-4-7-17)33(30,31)20-12-10-19(24)11-13-20/h2-14,29H,15-16H2,1H3,(H,26,28)/b25-14+. The summed E-state index contributed by atoms with van der Waals surface area (Å²) in [7, 11) is -2.54. The molecule has 0 aliphatic rings. The molecule has 172 valence electrons. The molecule has 1 amide bonds. The molecule has 8 nitrogen and oxygen atoms in total. The number of phenols is 1. The normalized spacial score (nSPS) is 11.6. The lowest BCUT2D eigenvalue weighted by molar-refractivity contribution is -0.121. The molecule has 0 unspecified atom stereocenters. The van der Waals surface area contributed by atoms with Gasteiger partial charge in [-0.1, -0.05) is 52.3 Å². The molecule has 0 radical (unpaired) electrons. The van der Waals surface area contributed by atoms with Gasteiger partial charge in [0.1, 0.15) is 0 Å². The molecule has 0 aliphatic heterocycles. The summed E-state index contributed by atoms with van der Waals surface area (Å²) in [5.41, 5.74) is 3.37. The Bertz CT molecular complexity index is 1230. The van der Waals surface area contributed by atoms with E-state index in [9.17, 15) is 18.3 Å². The van der Waals surface area contributed by atoms with E-state index in [1.807, 2.05) is 6.07 Å². The Morgan fingerprint density at radius 2 is 1.79 bits per heavy atom. The minimum atomic E-state index is -3.96. The number of benzene rings is 3. The fourth-order valence-electron chi connectivity index (χ4n) is 2.95. The molecule has 10 heteroatoms. The number of rotatable bonds is 9. The van der Waals surface area contributed by atoms with Crippen LogP contribution in [0.2, 0.25) is 0 Å². The van der Waals surface area contributed by atoms with E-state index in [0.717, 1.165) is 14.3 Å². The Hall–Kier alpha value is -3.21. The van der Waals surface area contributed by atoms with Crippen LogP contribution in [0.15, 0.2) is 87.3 Å². The van der Waals surface area contributed by atoms with Crippen molar-refractivity contribution in [3.63, 3.8) is 0 Å². The Balaban J connectivity index is 1.78. The first-order valence-corrected chi connectivity index (χ1v) is 12.0. The summed E-state index contributed by atoms with van der Waals surface area (Å²) in [5.74, 6) is -0.494. The third kappa shape index (κ3) is 6.41. The Morgan fingerprint density at radius 3 is 2.45 bits per heavy atom. The first-order valence-electron chi connectivity index (χ1n) is 9.79. The Kier molecular flexibility index (Phi) is 8.21. The number of amides is 1. The average molecular weight is 532 g/mol. The molecule has 0 saturated carbocycles. The highest BCUT2D eigenvalue weighted by molar-refractivity contribution is 9.10. The Morgan fingerprint density at radius 1 is 1.09 bits per heavy atom. The van der Waals surface area contributed by atoms with Gasteiger partial charge in [0.15, 0.2) is 11.5 Å². The third-order valence-corrected chi connectivity index (χ3v) is 6.95. The molecule has 0 heterocycles. The molecule has 0 aliphatic carbocycles. The lowest BCUT2D eigenvalue weighted by Crippen LogP contribution is -2.39. The molecule has 0 bridgehead atoms. The van der Waals surface area contributed by atoms with E-state index >= 15 is 0 Å². The van der Waals surface area contributed by atoms with Gasteiger partial charge in [0.25, 0.3) is 5.91 Å². The number of aromatic hydroxyl groups is 1. The summed E-state index contributed by atoms with van der Waals surface area (Å²) in [4.78, 5) is 12.6. The molecule has 0 aromatic heterocycles. The molecule has 2 N–H and O–H groups in total. The molecule has 3 aromatic rings. The number of nitrogens with one attached hydrogen (secondary N) is 1. The summed E-state index contributed by atoms with van der Waals surface area (Å²) >= 11 is 3.29. The second-order valence-electron chi connectivity index (χ2n) is 6.90. The summed E-state index contributed by atoms with van der Waals surface area (Å²) < 4.78 is 33.3. The lowest BCUT2D eigenvalue weighted by atomic mass is 10.2. The van der Waals surface area contributed by atoms with E-state index in [1.54, 1.807) is 54.6 Å². The average Bonchev–Trinajstić information content (AvgIpc) is 2.81. The number of hydrazone groups is 1. The van der Waals surface area contributed by atoms with Gasteiger partial charge in [-0.2, -0.15) is 9.41 Å². The topological polar surface area (TPSA) is 108 Å². The van der Waals surface area contributed by atoms with Crippen molar-refractivity contribution in [2.45, 2.75) is 11.4 Å². The first-order chi connectivity index (χ1) is 15.8. The van der Waals surface area contributed by atoms with Crippen molar-refractivity contribution in [1.29, 1.82) is 0 Å². The van der Waals surface area contributed by atoms with Crippen molar-refractivity contribution in [2.24, 2.45) is 5.10 Å². The SMILES string of the molecule is COc1cccc(/C=N/NC(=O)CN(Cc2ccccc2)S(=O)(=O)c2ccc(Br)cc2)c1O. The van der Waals surface area contributed by atoms with Gasteiger partial charge in [0, 0.05) is 16.6 Å². The highest BCUT2D eigenvalue weighted by Crippen LogP contribution is 2.28. The maximum Gasteiger partial charge on any atom is 0.255 e. The van der Waals surface area contributed by atoms with E-state index < -0.39 is 22.5 Å². The maximum atomic E-state index is 13.2. The zero-order chi connectivity index (χ0) is 23.8. The summed E-state index contributed by atoms with van der Waals surface area (Å²) in [6.07, 6.45) is 1.25. The van der Waals surface area contributed by atoms with Crippen molar-refractivity contribution < 1.29 is 23.1 Å². The van der Waals surface area contributed by atoms with Crippen LogP contribution in [0.5, 0.6) is 11.5 Å². The number of carbonyl (C=O) groups is 1. The minimum absolute atomic E-state index is 0.00699. The van der Waals surface area contributed by atoms with Crippen molar-refractivity contribution in [2.75, 3.05) is 13.7 Å². The van der Waals surface area contributed by atoms with Crippen molar-refractivity contribution in [3.05, 3.63) is 88.4 Å². The molecule has 0 atom stereocenters. The number of ether oxygens (including phenoxy) is 1. The number of phenolic OH excluding ortho intramolecular Hbond substituents is 1. The van der Waals surface area contributed by atoms with Crippen LogP contribution in [0.25, 0.3) is 0 Å². The molecular formula is C23H22BrN3O5S. The quantitative estimate of drug-likeness (QED) is 0.324. The largest absolute Gasteiger partial charge is 0.504 e. The smallest absolute Gasteiger partial charge is 0.255 e. The molecular weight excluding hydrogens is 510 g/mol. The van der Waals surface area contributed by atoms with Gasteiger partial charge in [-0.25, -0.2) is 13.8 Å². The summed E-state index contributed by atoms with van der Waals surface area (Å²) in [5, 5.41) is 13.9. The van der Waals surface area contributed by atoms with Crippen LogP contribution in [0, 0.1) is 0 Å². The highest BCUT2D eigenvalue weighted by Gasteiger charge is 2.27. The number of para-hydroxylation sites is 1. The molecule has 3 aromatic carbocycles. The predicted octanol–water partition coefficient (Wildman–Crippen LogP) is 3.50. The maximum absolute atomic E-state index is 13.2. The predicted molar refractivity (Wildman–Crippen MR) is 129 cm³/mol. The molecule has 0 saturated heterocycles. The van der Waals surface area contributed by atoms with E-state index in [0.29, 0.717) is 5.56 Å². The van der Waals surface area contributed by atoms with Crippen LogP contribution in [0.3, 0.4) is 0 Å². The number of hydrogen-bond acceptors (Lipinski definition) is 6. The molecule has 3 rings (SSSR count). The molecule has 33 heavy (non-hydrogen) atoms. The minimum Gasteiger partial charge on any atom is -0.504 e. The van der Waals surface area contributed by atoms with E-state index in [4.69, 9.17) is 4.74 Å². The van der Waals surface area contributed by atoms with Crippen LogP contribution >= 0.6 is 15.9 Å². The van der Waals surface area contributed by atoms with Gasteiger partial charge in [-0.3, -0.25) is 4.79 Å². The number of nitrogens with zero attached hydrogens (tertiary/aromatic N) is 2. The third-order valence-electron chi connectivity index (χ3n) is 4.62. The second kappa shape index (κ2) is 11.1. The van der Waals surface area contributed by atoms with Crippen LogP contribution in [-0.2, 0) is 21.4 Å². The zero-order valence-corrected chi connectivity index (χ0v) is 20.1. The number of halogens is 1. The monoisotopic (exact) mass is 531 g/mol. The van der Waals surface area contributed by atoms with Crippen LogP contribution in [0.1, 0.15) is 11.1 Å². The number of carbonyl (C=O) groups excluding carboxylic acids is 1. The number of hydrogen-bond donors (Lipinski definition) is 2. The Labute approximate surface area is 200 Å². The highest BCUT2D eigenvalue weighted by atomic mass is 79.9. The van der Waals surface area contributed by atoms with Crippen LogP contribution < -0.4 is 10.2 Å². The van der Waals surface area contributed by atoms with Gasteiger partial charge < -0.3 is 9.84 Å². The van der Waals surface area contributed by atoms with Gasteiger partial charge in [0.2, 0.25) is 10.0 Å². The van der Waals surface area contributed by atoms with Crippen molar-refractivity contribution >= 4 is 38.1 Å². The summed E-state index contributed by atoms with van der Waals surface area (Å²) in [6, 6.07) is 20.0. The second-order valence-corrected chi connectivity index (χ2v) is 9.76. The lowest BCUT2D eigenvalue weighted by Gasteiger charge is -2.21. The van der Waals surface area contributed by atoms with E-state index in [2.05, 4.69) is 26.5 Å². The number of methoxy groups -OCH3 is 1. The summed E-state index contributed by atoms with van der Waals surface area (Å²) in [6.45, 7) is -0.443. The van der Waals surface area contributed by atoms with Gasteiger partial charge in [0.05, 0.1) is 24.8 Å². The van der Waals surface area contributed by atoms with Crippen LogP contribution in [0.4, 0.5) is 0 Å². The molecule has 0 spiro atoms. The molecule has 0 fully saturated rings. The van der Waals surface area contributed by atoms with Crippen molar-refractivity contribution in [1.82, 2.24) is 9.73 Å². The van der Waals surface area contributed by atoms with Gasteiger partial charge >= 0.3 is 0 Å². The van der Waals surface area contributed by atoms with Gasteiger partial charge in [-0.05, 0) is 42.0 Å². The van der Waals surface area contributed by atoms with Crippen LogP contribution in [-0.4, -0.2) is 43.6 Å². The zero-order valence-electron chi connectivity index (χ0n) is 17.7. The fraction of sp³-hybridized carbons (Fsp3) is 0.130. The van der Waals surface area contributed by atoms with Gasteiger partial charge in [-0.15, -0.1) is 0 Å². The van der Waals surface area contributed by atoms with E-state index in [-0.39, 0.29) is 22.9 Å². The number of sulfonamides is 1. The fourth-order valence-corrected chi connectivity index (χ4v) is 4.59. The van der Waals surface area contributed by atoms with Crippen molar-refractivity contribution in [3.8, 4) is 11.5 Å². The van der Waals surface area contributed by atoms with E-state index in [1.165, 1.54) is 25.5 Å².